The topological polar surface area (TPSA) is 9.86 Å². The van der Waals surface area contributed by atoms with E-state index in [1.54, 1.807) is 0 Å². The van der Waals surface area contributed by atoms with Crippen LogP contribution < -0.4 is 0 Å². The zero-order valence-corrected chi connectivity index (χ0v) is 45.1. The fourth-order valence-electron chi connectivity index (χ4n) is 12.3. The summed E-state index contributed by atoms with van der Waals surface area (Å²) < 4.78 is 4.81. The van der Waals surface area contributed by atoms with Crippen molar-refractivity contribution in [3.05, 3.63) is 266 Å². The van der Waals surface area contributed by atoms with Crippen molar-refractivity contribution in [3.63, 3.8) is 0 Å². The van der Waals surface area contributed by atoms with Gasteiger partial charge in [-0.3, -0.25) is 0 Å². The second-order valence-electron chi connectivity index (χ2n) is 23.3. The van der Waals surface area contributed by atoms with Crippen LogP contribution in [-0.4, -0.2) is 9.13 Å². The largest absolute Gasteiger partial charge is 0.309 e. The van der Waals surface area contributed by atoms with Crippen molar-refractivity contribution in [3.8, 4) is 67.0 Å². The second kappa shape index (κ2) is 18.2. The van der Waals surface area contributed by atoms with E-state index < -0.39 is 0 Å². The van der Waals surface area contributed by atoms with Crippen molar-refractivity contribution >= 4 is 65.2 Å². The highest BCUT2D eigenvalue weighted by atomic mass is 15.0. The molecule has 0 aliphatic rings. The summed E-state index contributed by atoms with van der Waals surface area (Å²) in [6, 6.07) is 95.1. The first-order valence-electron chi connectivity index (χ1n) is 27.5. The summed E-state index contributed by atoms with van der Waals surface area (Å²) in [5.74, 6) is 0. The molecule has 14 rings (SSSR count). The van der Waals surface area contributed by atoms with Gasteiger partial charge < -0.3 is 9.13 Å². The predicted molar refractivity (Wildman–Crippen MR) is 335 cm³/mol. The Morgan fingerprint density at radius 2 is 0.474 bits per heavy atom. The number of hydrogen-bond acceptors (Lipinski definition) is 0. The lowest BCUT2D eigenvalue weighted by Gasteiger charge is -2.19. The van der Waals surface area contributed by atoms with Crippen LogP contribution in [-0.2, 0) is 10.8 Å². The Bertz CT molecular complexity index is 4550. The molecule has 2 nitrogen and oxygen atoms in total. The van der Waals surface area contributed by atoms with Gasteiger partial charge >= 0.3 is 0 Å². The molecule has 2 aromatic heterocycles. The third-order valence-corrected chi connectivity index (χ3v) is 16.5. The molecule has 0 unspecified atom stereocenters. The van der Waals surface area contributed by atoms with Crippen molar-refractivity contribution in [1.82, 2.24) is 9.13 Å². The van der Waals surface area contributed by atoms with Gasteiger partial charge in [0.25, 0.3) is 0 Å². The van der Waals surface area contributed by atoms with E-state index in [2.05, 4.69) is 305 Å². The first-order chi connectivity index (χ1) is 37.9. The van der Waals surface area contributed by atoms with Gasteiger partial charge in [0.2, 0.25) is 0 Å². The molecule has 0 fully saturated rings. The van der Waals surface area contributed by atoms with Crippen LogP contribution in [0.5, 0.6) is 0 Å². The van der Waals surface area contributed by atoms with E-state index in [1.165, 1.54) is 143 Å². The van der Waals surface area contributed by atoms with E-state index >= 15 is 0 Å². The molecule has 0 amide bonds. The van der Waals surface area contributed by atoms with E-state index in [0.29, 0.717) is 0 Å². The van der Waals surface area contributed by atoms with Crippen LogP contribution in [0.15, 0.2) is 255 Å². The number of hydrogen-bond donors (Lipinski definition) is 0. The molecule has 2 heterocycles. The van der Waals surface area contributed by atoms with Crippen LogP contribution in [0.2, 0.25) is 0 Å². The maximum Gasteiger partial charge on any atom is 0.0541 e. The van der Waals surface area contributed by atoms with Gasteiger partial charge in [0, 0.05) is 32.9 Å². The molecule has 0 saturated carbocycles. The highest BCUT2D eigenvalue weighted by Crippen LogP contribution is 2.45. The standard InChI is InChI=1S/C76H60N2/c1-75(2,3)57-37-41-59(42-38-57)77-69-21-13-11-15-61(69)67-47-55(35-45-71(67)77)51-25-23-49(24-26-51)50-27-31-53(32-28-50)73-63-17-7-9-19-65(63)74(66-20-10-8-18-64(66)73)54-33-29-52(30-34-54)56-36-46-72-68(48-56)62-16-12-14-22-70(62)78(72)60-43-39-58(40-44-60)76(4,5)6/h7-48H,1-6H3. The minimum absolute atomic E-state index is 0.101. The molecule has 0 aliphatic carbocycles. The molecule has 0 spiro atoms. The van der Waals surface area contributed by atoms with Crippen LogP contribution in [0, 0.1) is 0 Å². The minimum Gasteiger partial charge on any atom is -0.309 e. The number of para-hydroxylation sites is 2. The Labute approximate surface area is 457 Å². The lowest BCUT2D eigenvalue weighted by atomic mass is 9.85. The molecular weight excluding hydrogens is 941 g/mol. The summed E-state index contributed by atoms with van der Waals surface area (Å²) in [6.45, 7) is 13.6. The van der Waals surface area contributed by atoms with Gasteiger partial charge in [0.15, 0.2) is 0 Å². The van der Waals surface area contributed by atoms with Gasteiger partial charge in [0.1, 0.15) is 0 Å². The molecule has 0 radical (unpaired) electrons. The fraction of sp³-hybridized carbons (Fsp3) is 0.105. The van der Waals surface area contributed by atoms with Crippen molar-refractivity contribution in [2.24, 2.45) is 0 Å². The third-order valence-electron chi connectivity index (χ3n) is 16.5. The molecule has 0 aliphatic heterocycles. The lowest BCUT2D eigenvalue weighted by molar-refractivity contribution is 0.590. The summed E-state index contributed by atoms with van der Waals surface area (Å²) in [5.41, 5.74) is 22.3. The zero-order chi connectivity index (χ0) is 52.9. The number of aromatic nitrogens is 2. The SMILES string of the molecule is CC(C)(C)c1ccc(-n2c3ccccc3c3cc(-c4ccc(-c5ccc(-c6c7ccccc7c(-c7ccc(-c8ccc9c(c8)c8ccccc8n9-c8ccc(C(C)(C)C)cc8)cc7)c7ccccc67)cc5)cc4)ccc32)cc1. The van der Waals surface area contributed by atoms with Crippen molar-refractivity contribution < 1.29 is 0 Å². The monoisotopic (exact) mass is 1000 g/mol. The Morgan fingerprint density at radius 3 is 0.795 bits per heavy atom. The van der Waals surface area contributed by atoms with E-state index in [0.717, 1.165) is 0 Å². The lowest BCUT2D eigenvalue weighted by Crippen LogP contribution is -2.10. The Hall–Kier alpha value is -9.24. The molecule has 78 heavy (non-hydrogen) atoms. The van der Waals surface area contributed by atoms with Crippen molar-refractivity contribution in [2.75, 3.05) is 0 Å². The molecule has 0 bridgehead atoms. The van der Waals surface area contributed by atoms with Gasteiger partial charge in [-0.2, -0.15) is 0 Å². The van der Waals surface area contributed by atoms with Crippen molar-refractivity contribution in [2.45, 2.75) is 52.4 Å². The molecule has 14 aromatic rings. The van der Waals surface area contributed by atoms with Crippen LogP contribution in [0.4, 0.5) is 0 Å². The molecule has 12 aromatic carbocycles. The number of fused-ring (bicyclic) bond motifs is 8. The summed E-state index contributed by atoms with van der Waals surface area (Å²) in [4.78, 5) is 0. The number of nitrogens with zero attached hydrogens (tertiary/aromatic N) is 2. The highest BCUT2D eigenvalue weighted by molar-refractivity contribution is 6.21. The average molecular weight is 1000 g/mol. The highest BCUT2D eigenvalue weighted by Gasteiger charge is 2.21. The number of benzene rings is 12. The molecular formula is C76H60N2. The quantitative estimate of drug-likeness (QED) is 0.141. The number of rotatable bonds is 7. The van der Waals surface area contributed by atoms with Crippen LogP contribution in [0.25, 0.3) is 132 Å². The van der Waals surface area contributed by atoms with Gasteiger partial charge in [-0.15, -0.1) is 0 Å². The Balaban J connectivity index is 0.766. The molecule has 374 valence electrons. The van der Waals surface area contributed by atoms with Gasteiger partial charge in [0.05, 0.1) is 22.1 Å². The van der Waals surface area contributed by atoms with Crippen LogP contribution in [0.1, 0.15) is 52.7 Å². The zero-order valence-electron chi connectivity index (χ0n) is 45.1. The van der Waals surface area contributed by atoms with E-state index in [1.807, 2.05) is 0 Å². The summed E-state index contributed by atoms with van der Waals surface area (Å²) in [6.07, 6.45) is 0. The Morgan fingerprint density at radius 1 is 0.218 bits per heavy atom. The van der Waals surface area contributed by atoms with Gasteiger partial charge in [-0.1, -0.05) is 236 Å². The first kappa shape index (κ1) is 47.2. The fourth-order valence-corrected chi connectivity index (χ4v) is 12.3. The Kier molecular flexibility index (Phi) is 11.0. The van der Waals surface area contributed by atoms with Crippen LogP contribution >= 0.6 is 0 Å². The molecule has 2 heteroatoms. The molecule has 0 N–H and O–H groups in total. The predicted octanol–water partition coefficient (Wildman–Crippen LogP) is 21.1. The first-order valence-corrected chi connectivity index (χ1v) is 27.5. The van der Waals surface area contributed by atoms with E-state index in [9.17, 15) is 0 Å². The smallest absolute Gasteiger partial charge is 0.0541 e. The van der Waals surface area contributed by atoms with Gasteiger partial charge in [-0.25, -0.2) is 0 Å². The normalized spacial score (nSPS) is 12.2. The third kappa shape index (κ3) is 7.93. The van der Waals surface area contributed by atoms with E-state index in [4.69, 9.17) is 0 Å². The van der Waals surface area contributed by atoms with E-state index in [-0.39, 0.29) is 10.8 Å². The minimum atomic E-state index is 0.101. The van der Waals surface area contributed by atoms with Gasteiger partial charge in [-0.05, 0) is 160 Å². The summed E-state index contributed by atoms with van der Waals surface area (Å²) in [7, 11) is 0. The molecule has 0 saturated heterocycles. The summed E-state index contributed by atoms with van der Waals surface area (Å²) in [5, 5.41) is 10.0. The summed E-state index contributed by atoms with van der Waals surface area (Å²) >= 11 is 0. The average Bonchev–Trinajstić information content (AvgIpc) is 4.08. The maximum atomic E-state index is 2.41. The molecule has 0 atom stereocenters. The van der Waals surface area contributed by atoms with Crippen LogP contribution in [0.3, 0.4) is 0 Å². The van der Waals surface area contributed by atoms with Crippen molar-refractivity contribution in [1.29, 1.82) is 0 Å². The second-order valence-corrected chi connectivity index (χ2v) is 23.3. The maximum absolute atomic E-state index is 2.41.